The quantitative estimate of drug-likeness (QED) is 0.812. The average Bonchev–Trinajstić information content (AvgIpc) is 2.90. The number of ether oxygens (including phenoxy) is 2. The number of carbonyl (C=O) groups is 2. The van der Waals surface area contributed by atoms with Gasteiger partial charge in [-0.1, -0.05) is 0 Å². The Balaban J connectivity index is 1.91. The second kappa shape index (κ2) is 5.01. The van der Waals surface area contributed by atoms with Crippen molar-refractivity contribution in [2.24, 2.45) is 0 Å². The standard InChI is InChI=1S/C14H15NO4/c16-13(12-2-1-6-18-12)9-3-4-11-10(8-9)14(17)15-5-7-19-11/h3-4,8,12H,1-2,5-7H2,(H,15,17). The lowest BCUT2D eigenvalue weighted by Gasteiger charge is -2.10. The molecule has 1 aromatic rings. The first-order valence-corrected chi connectivity index (χ1v) is 6.46. The molecule has 0 saturated carbocycles. The van der Waals surface area contributed by atoms with E-state index in [1.54, 1.807) is 18.2 Å². The summed E-state index contributed by atoms with van der Waals surface area (Å²) in [6, 6.07) is 4.98. The molecular weight excluding hydrogens is 246 g/mol. The Morgan fingerprint density at radius 1 is 1.32 bits per heavy atom. The van der Waals surface area contributed by atoms with Gasteiger partial charge in [0.25, 0.3) is 5.91 Å². The first-order valence-electron chi connectivity index (χ1n) is 6.46. The molecule has 2 heterocycles. The minimum atomic E-state index is -0.368. The van der Waals surface area contributed by atoms with Crippen LogP contribution in [0.15, 0.2) is 18.2 Å². The zero-order valence-corrected chi connectivity index (χ0v) is 10.5. The third-order valence-electron chi connectivity index (χ3n) is 3.38. The Kier molecular flexibility index (Phi) is 3.21. The second-order valence-electron chi connectivity index (χ2n) is 4.68. The summed E-state index contributed by atoms with van der Waals surface area (Å²) in [6.07, 6.45) is 1.29. The van der Waals surface area contributed by atoms with E-state index in [4.69, 9.17) is 9.47 Å². The van der Waals surface area contributed by atoms with Crippen LogP contribution in [0.4, 0.5) is 0 Å². The van der Waals surface area contributed by atoms with Gasteiger partial charge in [-0.25, -0.2) is 0 Å². The fraction of sp³-hybridized carbons (Fsp3) is 0.429. The van der Waals surface area contributed by atoms with E-state index in [2.05, 4.69) is 5.32 Å². The molecule has 2 aliphatic rings. The largest absolute Gasteiger partial charge is 0.491 e. The summed E-state index contributed by atoms with van der Waals surface area (Å²) < 4.78 is 10.8. The van der Waals surface area contributed by atoms with Crippen LogP contribution in [-0.2, 0) is 4.74 Å². The minimum Gasteiger partial charge on any atom is -0.491 e. The molecule has 0 aliphatic carbocycles. The third-order valence-corrected chi connectivity index (χ3v) is 3.38. The average molecular weight is 261 g/mol. The predicted molar refractivity (Wildman–Crippen MR) is 67.6 cm³/mol. The van der Waals surface area contributed by atoms with Crippen LogP contribution in [-0.4, -0.2) is 37.6 Å². The highest BCUT2D eigenvalue weighted by Crippen LogP contribution is 2.24. The maximum absolute atomic E-state index is 12.2. The molecule has 1 fully saturated rings. The van der Waals surface area contributed by atoms with Crippen molar-refractivity contribution >= 4 is 11.7 Å². The normalized spacial score (nSPS) is 22.1. The second-order valence-corrected chi connectivity index (χ2v) is 4.68. The van der Waals surface area contributed by atoms with E-state index in [9.17, 15) is 9.59 Å². The highest BCUT2D eigenvalue weighted by molar-refractivity contribution is 6.04. The molecule has 1 atom stereocenters. The number of hydrogen-bond acceptors (Lipinski definition) is 4. The summed E-state index contributed by atoms with van der Waals surface area (Å²) in [6.45, 7) is 1.55. The number of rotatable bonds is 2. The summed E-state index contributed by atoms with van der Waals surface area (Å²) in [5.41, 5.74) is 0.924. The molecule has 0 radical (unpaired) electrons. The van der Waals surface area contributed by atoms with Crippen LogP contribution in [0.2, 0.25) is 0 Å². The molecule has 1 amide bonds. The molecule has 5 nitrogen and oxygen atoms in total. The monoisotopic (exact) mass is 261 g/mol. The molecule has 100 valence electrons. The van der Waals surface area contributed by atoms with E-state index in [0.717, 1.165) is 12.8 Å². The molecule has 5 heteroatoms. The fourth-order valence-electron chi connectivity index (χ4n) is 2.38. The van der Waals surface area contributed by atoms with Crippen LogP contribution in [0.5, 0.6) is 5.75 Å². The number of benzene rings is 1. The van der Waals surface area contributed by atoms with Crippen LogP contribution in [0.3, 0.4) is 0 Å². The topological polar surface area (TPSA) is 64.6 Å². The number of fused-ring (bicyclic) bond motifs is 1. The summed E-state index contributed by atoms with van der Waals surface area (Å²) in [7, 11) is 0. The lowest BCUT2D eigenvalue weighted by Crippen LogP contribution is -2.25. The van der Waals surface area contributed by atoms with Gasteiger partial charge < -0.3 is 14.8 Å². The van der Waals surface area contributed by atoms with Crippen LogP contribution in [0.1, 0.15) is 33.6 Å². The fourth-order valence-corrected chi connectivity index (χ4v) is 2.38. The molecule has 1 saturated heterocycles. The number of Topliss-reactive ketones (excluding diaryl/α,β-unsaturated/α-hetero) is 1. The van der Waals surface area contributed by atoms with E-state index in [0.29, 0.717) is 36.6 Å². The lowest BCUT2D eigenvalue weighted by molar-refractivity contribution is 0.0643. The molecule has 0 spiro atoms. The maximum atomic E-state index is 12.2. The zero-order chi connectivity index (χ0) is 13.2. The smallest absolute Gasteiger partial charge is 0.255 e. The number of carbonyl (C=O) groups excluding carboxylic acids is 2. The van der Waals surface area contributed by atoms with Gasteiger partial charge in [-0.15, -0.1) is 0 Å². The number of hydrogen-bond donors (Lipinski definition) is 1. The number of ketones is 1. The van der Waals surface area contributed by atoms with Gasteiger partial charge in [-0.2, -0.15) is 0 Å². The van der Waals surface area contributed by atoms with Gasteiger partial charge in [0.2, 0.25) is 0 Å². The van der Waals surface area contributed by atoms with Crippen LogP contribution < -0.4 is 10.1 Å². The van der Waals surface area contributed by atoms with Gasteiger partial charge in [0, 0.05) is 12.2 Å². The summed E-state index contributed by atoms with van der Waals surface area (Å²) in [5.74, 6) is 0.269. The van der Waals surface area contributed by atoms with Gasteiger partial charge in [0.1, 0.15) is 18.5 Å². The maximum Gasteiger partial charge on any atom is 0.255 e. The summed E-state index contributed by atoms with van der Waals surface area (Å²) in [4.78, 5) is 24.1. The van der Waals surface area contributed by atoms with Gasteiger partial charge in [0.15, 0.2) is 5.78 Å². The Labute approximate surface area is 110 Å². The van der Waals surface area contributed by atoms with Crippen molar-refractivity contribution in [2.75, 3.05) is 19.8 Å². The van der Waals surface area contributed by atoms with Crippen molar-refractivity contribution < 1.29 is 19.1 Å². The molecule has 1 aromatic carbocycles. The van der Waals surface area contributed by atoms with Gasteiger partial charge in [-0.05, 0) is 31.0 Å². The molecular formula is C14H15NO4. The lowest BCUT2D eigenvalue weighted by atomic mass is 10.0. The Bertz CT molecular complexity index is 520. The number of amides is 1. The first-order chi connectivity index (χ1) is 9.25. The molecule has 0 bridgehead atoms. The van der Waals surface area contributed by atoms with Gasteiger partial charge in [-0.3, -0.25) is 9.59 Å². The van der Waals surface area contributed by atoms with Crippen LogP contribution >= 0.6 is 0 Å². The van der Waals surface area contributed by atoms with Crippen molar-refractivity contribution in [1.29, 1.82) is 0 Å². The molecule has 0 aromatic heterocycles. The van der Waals surface area contributed by atoms with Crippen molar-refractivity contribution in [2.45, 2.75) is 18.9 Å². The number of nitrogens with one attached hydrogen (secondary N) is 1. The van der Waals surface area contributed by atoms with E-state index in [1.165, 1.54) is 0 Å². The van der Waals surface area contributed by atoms with E-state index < -0.39 is 0 Å². The molecule has 3 rings (SSSR count). The Morgan fingerprint density at radius 3 is 3.00 bits per heavy atom. The highest BCUT2D eigenvalue weighted by Gasteiger charge is 2.26. The van der Waals surface area contributed by atoms with Gasteiger partial charge in [0.05, 0.1) is 12.1 Å². The van der Waals surface area contributed by atoms with E-state index in [1.807, 2.05) is 0 Å². The van der Waals surface area contributed by atoms with Crippen molar-refractivity contribution in [3.8, 4) is 5.75 Å². The van der Waals surface area contributed by atoms with Crippen LogP contribution in [0.25, 0.3) is 0 Å². The minimum absolute atomic E-state index is 0.0580. The Hall–Kier alpha value is -1.88. The van der Waals surface area contributed by atoms with E-state index in [-0.39, 0.29) is 17.8 Å². The molecule has 19 heavy (non-hydrogen) atoms. The molecule has 1 unspecified atom stereocenters. The van der Waals surface area contributed by atoms with Crippen molar-refractivity contribution in [1.82, 2.24) is 5.32 Å². The van der Waals surface area contributed by atoms with Crippen molar-refractivity contribution in [3.05, 3.63) is 29.3 Å². The first kappa shape index (κ1) is 12.2. The Morgan fingerprint density at radius 2 is 2.21 bits per heavy atom. The third kappa shape index (κ3) is 2.33. The van der Waals surface area contributed by atoms with Gasteiger partial charge >= 0.3 is 0 Å². The molecule has 1 N–H and O–H groups in total. The van der Waals surface area contributed by atoms with Crippen molar-refractivity contribution in [3.63, 3.8) is 0 Å². The van der Waals surface area contributed by atoms with Crippen LogP contribution in [0, 0.1) is 0 Å². The summed E-state index contributed by atoms with van der Waals surface area (Å²) >= 11 is 0. The predicted octanol–water partition coefficient (Wildman–Crippen LogP) is 1.17. The zero-order valence-electron chi connectivity index (χ0n) is 10.5. The highest BCUT2D eigenvalue weighted by atomic mass is 16.5. The molecule has 2 aliphatic heterocycles. The summed E-state index contributed by atoms with van der Waals surface area (Å²) in [5, 5.41) is 2.73. The van der Waals surface area contributed by atoms with E-state index >= 15 is 0 Å². The SMILES string of the molecule is O=C1NCCOc2ccc(C(=O)C3CCCO3)cc21.